The van der Waals surface area contributed by atoms with Crippen molar-refractivity contribution in [2.45, 2.75) is 89.9 Å². The van der Waals surface area contributed by atoms with Crippen LogP contribution in [0.1, 0.15) is 89.9 Å². The first-order valence-corrected chi connectivity index (χ1v) is 10.2. The van der Waals surface area contributed by atoms with Gasteiger partial charge < -0.3 is 9.90 Å². The Bertz CT molecular complexity index is 371. The number of carbonyl (C=O) groups excluding carboxylic acids is 1. The van der Waals surface area contributed by atoms with Crippen molar-refractivity contribution < 1.29 is 52.4 Å². The van der Waals surface area contributed by atoms with E-state index in [4.69, 9.17) is 4.55 Å². The van der Waals surface area contributed by atoms with E-state index in [0.717, 1.165) is 38.5 Å². The van der Waals surface area contributed by atoms with Crippen LogP contribution in [-0.2, 0) is 14.9 Å². The van der Waals surface area contributed by atoms with Crippen LogP contribution in [0.25, 0.3) is 0 Å². The molecule has 0 saturated carbocycles. The summed E-state index contributed by atoms with van der Waals surface area (Å²) in [5, 5.41) is 10.2. The summed E-state index contributed by atoms with van der Waals surface area (Å²) < 4.78 is 29.6. The summed E-state index contributed by atoms with van der Waals surface area (Å²) >= 11 is 0. The van der Waals surface area contributed by atoms with Crippen LogP contribution < -0.4 is 34.7 Å². The number of hydrogen-bond donors (Lipinski definition) is 1. The van der Waals surface area contributed by atoms with Gasteiger partial charge in [-0.05, 0) is 19.3 Å². The summed E-state index contributed by atoms with van der Waals surface area (Å²) in [6, 6.07) is 0. The Hall–Kier alpha value is 0.380. The minimum Gasteiger partial charge on any atom is -0.550 e. The maximum Gasteiger partial charge on any atom is 1.00 e. The molecule has 0 aliphatic heterocycles. The van der Waals surface area contributed by atoms with Crippen molar-refractivity contribution in [1.82, 2.24) is 0 Å². The number of aliphatic carboxylic acids is 1. The van der Waals surface area contributed by atoms with Crippen LogP contribution in [0.2, 0.25) is 0 Å². The summed E-state index contributed by atoms with van der Waals surface area (Å²) in [6.45, 7) is 0. The SMILES string of the molecule is O=C([O-])CCCCCCCCCCCCCCCS(=O)(=O)O.[Na+]. The molecule has 0 rings (SSSR count). The van der Waals surface area contributed by atoms with E-state index in [0.29, 0.717) is 6.42 Å². The third-order valence-corrected chi connectivity index (χ3v) is 4.59. The second-order valence-corrected chi connectivity index (χ2v) is 7.58. The first-order chi connectivity index (χ1) is 10.4. The molecule has 0 aliphatic carbocycles. The molecule has 5 nitrogen and oxygen atoms in total. The second-order valence-electron chi connectivity index (χ2n) is 6.00. The fourth-order valence-corrected chi connectivity index (χ4v) is 3.07. The van der Waals surface area contributed by atoms with Crippen LogP contribution >= 0.6 is 0 Å². The average molecular weight is 358 g/mol. The summed E-state index contributed by atoms with van der Waals surface area (Å²) in [6.07, 6.45) is 13.9. The third-order valence-electron chi connectivity index (χ3n) is 3.78. The van der Waals surface area contributed by atoms with E-state index in [9.17, 15) is 18.3 Å². The van der Waals surface area contributed by atoms with Crippen molar-refractivity contribution in [1.29, 1.82) is 0 Å². The van der Waals surface area contributed by atoms with Gasteiger partial charge >= 0.3 is 29.6 Å². The van der Waals surface area contributed by atoms with Crippen LogP contribution in [0.5, 0.6) is 0 Å². The van der Waals surface area contributed by atoms with E-state index >= 15 is 0 Å². The molecular weight excluding hydrogens is 327 g/mol. The molecule has 0 atom stereocenters. The Labute approximate surface area is 163 Å². The Morgan fingerprint density at radius 2 is 1.00 bits per heavy atom. The molecule has 0 aliphatic rings. The standard InChI is InChI=1S/C16H32O5S.Na/c17-16(18)14-12-10-8-6-4-2-1-3-5-7-9-11-13-15-22(19,20)21;/h1-15H2,(H,17,18)(H,19,20,21);/q;+1/p-1. The molecule has 7 heteroatoms. The molecule has 1 N–H and O–H groups in total. The van der Waals surface area contributed by atoms with Crippen molar-refractivity contribution in [3.05, 3.63) is 0 Å². The zero-order valence-electron chi connectivity index (χ0n) is 14.6. The van der Waals surface area contributed by atoms with Gasteiger partial charge in [0, 0.05) is 5.97 Å². The largest absolute Gasteiger partial charge is 1.00 e. The Morgan fingerprint density at radius 1 is 0.696 bits per heavy atom. The normalized spacial score (nSPS) is 11.2. The number of carboxylic acid groups (broad SMARTS) is 1. The minimum absolute atomic E-state index is 0. The first-order valence-electron chi connectivity index (χ1n) is 8.57. The fourth-order valence-electron chi connectivity index (χ4n) is 2.50. The molecule has 0 unspecified atom stereocenters. The van der Waals surface area contributed by atoms with Crippen molar-refractivity contribution in [3.8, 4) is 0 Å². The summed E-state index contributed by atoms with van der Waals surface area (Å²) in [5.74, 6) is -1.06. The zero-order valence-corrected chi connectivity index (χ0v) is 17.4. The molecule has 23 heavy (non-hydrogen) atoms. The molecule has 0 aromatic rings. The maximum absolute atomic E-state index is 10.5. The number of unbranched alkanes of at least 4 members (excludes halogenated alkanes) is 12. The minimum atomic E-state index is -3.78. The molecule has 0 saturated heterocycles. The quantitative estimate of drug-likeness (QED) is 0.240. The molecule has 0 spiro atoms. The van der Waals surface area contributed by atoms with E-state index in [2.05, 4.69) is 0 Å². The molecule has 132 valence electrons. The topological polar surface area (TPSA) is 94.5 Å². The van der Waals surface area contributed by atoms with Gasteiger partial charge in [-0.15, -0.1) is 0 Å². The smallest absolute Gasteiger partial charge is 0.550 e. The van der Waals surface area contributed by atoms with E-state index < -0.39 is 16.1 Å². The predicted molar refractivity (Wildman–Crippen MR) is 86.1 cm³/mol. The van der Waals surface area contributed by atoms with Gasteiger partial charge in [0.25, 0.3) is 10.1 Å². The number of carboxylic acids is 1. The van der Waals surface area contributed by atoms with Gasteiger partial charge in [-0.25, -0.2) is 0 Å². The van der Waals surface area contributed by atoms with Crippen molar-refractivity contribution >= 4 is 16.1 Å². The van der Waals surface area contributed by atoms with Crippen LogP contribution in [0, 0.1) is 0 Å². The summed E-state index contributed by atoms with van der Waals surface area (Å²) in [7, 11) is -3.78. The Kier molecular flexibility index (Phi) is 19.2. The molecule has 0 aromatic heterocycles. The fraction of sp³-hybridized carbons (Fsp3) is 0.938. The van der Waals surface area contributed by atoms with E-state index in [-0.39, 0.29) is 41.7 Å². The van der Waals surface area contributed by atoms with E-state index in [1.165, 1.54) is 38.5 Å². The predicted octanol–water partition coefficient (Wildman–Crippen LogP) is 0.0895. The monoisotopic (exact) mass is 358 g/mol. The average Bonchev–Trinajstić information content (AvgIpc) is 2.41. The van der Waals surface area contributed by atoms with Crippen LogP contribution in [0.4, 0.5) is 0 Å². The van der Waals surface area contributed by atoms with Gasteiger partial charge in [0.15, 0.2) is 0 Å². The zero-order chi connectivity index (χ0) is 16.7. The molecule has 0 amide bonds. The number of rotatable bonds is 16. The van der Waals surface area contributed by atoms with Crippen LogP contribution in [0.15, 0.2) is 0 Å². The van der Waals surface area contributed by atoms with Crippen LogP contribution in [0.3, 0.4) is 0 Å². The van der Waals surface area contributed by atoms with Gasteiger partial charge in [-0.3, -0.25) is 4.55 Å². The van der Waals surface area contributed by atoms with Crippen molar-refractivity contribution in [3.63, 3.8) is 0 Å². The maximum atomic E-state index is 10.5. The summed E-state index contributed by atoms with van der Waals surface area (Å²) in [4.78, 5) is 10.2. The summed E-state index contributed by atoms with van der Waals surface area (Å²) in [5.41, 5.74) is 0. The molecular formula is C16H31NaO5S. The van der Waals surface area contributed by atoms with Crippen molar-refractivity contribution in [2.24, 2.45) is 0 Å². The van der Waals surface area contributed by atoms with E-state index in [1.807, 2.05) is 0 Å². The second kappa shape index (κ2) is 17.2. The Morgan fingerprint density at radius 3 is 1.30 bits per heavy atom. The Balaban J connectivity index is 0. The van der Waals surface area contributed by atoms with Gasteiger partial charge in [0.1, 0.15) is 0 Å². The van der Waals surface area contributed by atoms with E-state index in [1.54, 1.807) is 0 Å². The van der Waals surface area contributed by atoms with Gasteiger partial charge in [-0.2, -0.15) is 8.42 Å². The third kappa shape index (κ3) is 24.7. The molecule has 0 aromatic carbocycles. The van der Waals surface area contributed by atoms with Gasteiger partial charge in [0.05, 0.1) is 5.75 Å². The number of hydrogen-bond acceptors (Lipinski definition) is 4. The van der Waals surface area contributed by atoms with Crippen molar-refractivity contribution in [2.75, 3.05) is 5.75 Å². The molecule has 0 fully saturated rings. The van der Waals surface area contributed by atoms with Gasteiger partial charge in [-0.1, -0.05) is 70.6 Å². The number of carbonyl (C=O) groups is 1. The first kappa shape index (κ1) is 25.6. The van der Waals surface area contributed by atoms with Crippen LogP contribution in [-0.4, -0.2) is 24.7 Å². The molecule has 0 heterocycles. The molecule has 0 bridgehead atoms. The van der Waals surface area contributed by atoms with Gasteiger partial charge in [0.2, 0.25) is 0 Å². The molecule has 0 radical (unpaired) electrons.